The fraction of sp³-hybridized carbons (Fsp3) is 1.00. The third-order valence-electron chi connectivity index (χ3n) is 0. The Kier molecular flexibility index (Phi) is 30.7. The van der Waals surface area contributed by atoms with Gasteiger partial charge in [0.25, 0.3) is 0 Å². The summed E-state index contributed by atoms with van der Waals surface area (Å²) in [4.78, 5) is 0. The number of alkyl halides is 4. The molecule has 4 heteroatoms. The van der Waals surface area contributed by atoms with Crippen LogP contribution >= 0.6 is 11.6 Å². The maximum atomic E-state index is 10.1. The van der Waals surface area contributed by atoms with Crippen LogP contribution in [0.1, 0.15) is 0 Å². The summed E-state index contributed by atoms with van der Waals surface area (Å²) >= 11 is 4.33. The van der Waals surface area contributed by atoms with Crippen LogP contribution in [0.5, 0.6) is 0 Å². The molecule has 0 N–H and O–H groups in total. The summed E-state index contributed by atoms with van der Waals surface area (Å²) in [6.45, 7) is -1.75. The van der Waals surface area contributed by atoms with Crippen molar-refractivity contribution in [3.05, 3.63) is 0 Å². The van der Waals surface area contributed by atoms with Gasteiger partial charge >= 0.3 is 0 Å². The van der Waals surface area contributed by atoms with E-state index in [4.69, 9.17) is 0 Å². The number of hydrogen-bond acceptors (Lipinski definition) is 0. The van der Waals surface area contributed by atoms with Gasteiger partial charge in [-0.15, -0.1) is 0 Å². The van der Waals surface area contributed by atoms with Crippen molar-refractivity contribution in [2.75, 3.05) is 13.1 Å². The van der Waals surface area contributed by atoms with Crippen LogP contribution < -0.4 is 0 Å². The minimum absolute atomic E-state index is 0.778. The molecule has 0 aliphatic heterocycles. The summed E-state index contributed by atoms with van der Waals surface area (Å²) < 4.78 is 29.3. The molecule has 0 radical (unpaired) electrons. The zero-order valence-electron chi connectivity index (χ0n) is 2.93. The lowest BCUT2D eigenvalue weighted by Gasteiger charge is -1.42. The molecule has 0 aliphatic rings. The van der Waals surface area contributed by atoms with Crippen LogP contribution in [0.2, 0.25) is 0 Å². The molecule has 0 aliphatic carbocycles. The summed E-state index contributed by atoms with van der Waals surface area (Å²) in [5, 5.41) is 0. The molecule has 0 rings (SSSR count). The minimum Gasteiger partial charge on any atom is -0.234 e. The molecule has 6 heavy (non-hydrogen) atoms. The van der Waals surface area contributed by atoms with Crippen molar-refractivity contribution in [3.8, 4) is 0 Å². The summed E-state index contributed by atoms with van der Waals surface area (Å²) in [7, 11) is 0. The first-order valence-electron chi connectivity index (χ1n) is 1.07. The van der Waals surface area contributed by atoms with Gasteiger partial charge < -0.3 is 0 Å². The van der Waals surface area contributed by atoms with Crippen molar-refractivity contribution < 1.29 is 13.2 Å². The van der Waals surface area contributed by atoms with Gasteiger partial charge in [-0.1, -0.05) is 11.6 Å². The molecule has 0 atom stereocenters. The third-order valence-corrected chi connectivity index (χ3v) is 0. The smallest absolute Gasteiger partial charge is 0.229 e. The Morgan fingerprint density at radius 2 is 1.17 bits per heavy atom. The normalized spacial score (nSPS) is 6.00. The Hall–Kier alpha value is 0.0800. The highest BCUT2D eigenvalue weighted by Crippen LogP contribution is 1.65. The van der Waals surface area contributed by atoms with Gasteiger partial charge in [0, 0.05) is 0 Å². The molecule has 0 saturated carbocycles. The summed E-state index contributed by atoms with van der Waals surface area (Å²) in [6.07, 6.45) is -0.778. The van der Waals surface area contributed by atoms with E-state index in [1.807, 2.05) is 0 Å². The average molecular weight is 121 g/mol. The maximum absolute atomic E-state index is 10.1. The SMILES string of the molecule is FCCl.FCF. The molecule has 0 aromatic heterocycles. The van der Waals surface area contributed by atoms with Gasteiger partial charge in [0.2, 0.25) is 6.93 Å². The molecule has 40 valence electrons. The molecule has 0 fully saturated rings. The lowest BCUT2D eigenvalue weighted by Crippen LogP contribution is -1.34. The summed E-state index contributed by atoms with van der Waals surface area (Å²) in [6, 6.07) is 0. The molecule has 0 spiro atoms. The maximum Gasteiger partial charge on any atom is 0.229 e. The minimum atomic E-state index is -1.75. The Bertz CT molecular complexity index is 10.8. The van der Waals surface area contributed by atoms with Gasteiger partial charge in [0.05, 0.1) is 0 Å². The second-order valence-corrected chi connectivity index (χ2v) is 0.404. The highest BCUT2D eigenvalue weighted by atomic mass is 35.5. The molecular weight excluding hydrogens is 116 g/mol. The molecule has 0 bridgehead atoms. The van der Waals surface area contributed by atoms with Crippen LogP contribution in [0.25, 0.3) is 0 Å². The highest BCUT2D eigenvalue weighted by molar-refractivity contribution is 6.16. The van der Waals surface area contributed by atoms with Gasteiger partial charge in [0.1, 0.15) is 0 Å². The van der Waals surface area contributed by atoms with Crippen molar-refractivity contribution in [1.82, 2.24) is 0 Å². The van der Waals surface area contributed by atoms with E-state index in [2.05, 4.69) is 11.6 Å². The summed E-state index contributed by atoms with van der Waals surface area (Å²) in [5.41, 5.74) is 0. The second kappa shape index (κ2) is 19.5. The largest absolute Gasteiger partial charge is 0.234 e. The van der Waals surface area contributed by atoms with Crippen LogP contribution in [-0.4, -0.2) is 13.1 Å². The highest BCUT2D eigenvalue weighted by Gasteiger charge is 1.44. The van der Waals surface area contributed by atoms with Gasteiger partial charge in [-0.3, -0.25) is 0 Å². The van der Waals surface area contributed by atoms with Crippen molar-refractivity contribution in [1.29, 1.82) is 0 Å². The van der Waals surface area contributed by atoms with Crippen LogP contribution in [-0.2, 0) is 0 Å². The first-order chi connectivity index (χ1) is 2.83. The molecule has 0 amide bonds. The second-order valence-electron chi connectivity index (χ2n) is 0.202. The van der Waals surface area contributed by atoms with E-state index in [1.165, 1.54) is 0 Å². The van der Waals surface area contributed by atoms with E-state index in [0.29, 0.717) is 0 Å². The zero-order chi connectivity index (χ0) is 5.41. The quantitative estimate of drug-likeness (QED) is 0.429. The van der Waals surface area contributed by atoms with E-state index in [0.717, 1.165) is 0 Å². The molecule has 0 unspecified atom stereocenters. The third kappa shape index (κ3) is 6050. The molecular formula is C2H4ClF3. The van der Waals surface area contributed by atoms with Crippen molar-refractivity contribution >= 4 is 11.6 Å². The lowest BCUT2D eigenvalue weighted by molar-refractivity contribution is 0.295. The van der Waals surface area contributed by atoms with E-state index in [1.54, 1.807) is 0 Å². The van der Waals surface area contributed by atoms with Gasteiger partial charge in [-0.05, 0) is 0 Å². The lowest BCUT2D eigenvalue weighted by atomic mass is 11.7. The van der Waals surface area contributed by atoms with Crippen molar-refractivity contribution in [3.63, 3.8) is 0 Å². The topological polar surface area (TPSA) is 0 Å². The Labute approximate surface area is 38.9 Å². The van der Waals surface area contributed by atoms with E-state index in [9.17, 15) is 13.2 Å². The van der Waals surface area contributed by atoms with E-state index >= 15 is 0 Å². The standard InChI is InChI=1S/CH2ClF.CH2F2/c2*2-1-3/h2*1H2. The van der Waals surface area contributed by atoms with Crippen LogP contribution in [0, 0.1) is 0 Å². The average Bonchev–Trinajstić information content (AvgIpc) is 1.39. The molecule has 0 nitrogen and oxygen atoms in total. The van der Waals surface area contributed by atoms with Crippen LogP contribution in [0.4, 0.5) is 13.2 Å². The van der Waals surface area contributed by atoms with Gasteiger partial charge in [-0.2, -0.15) is 0 Å². The molecule has 0 saturated heterocycles. The molecule has 0 heterocycles. The van der Waals surface area contributed by atoms with E-state index < -0.39 is 13.1 Å². The Morgan fingerprint density at radius 1 is 1.17 bits per heavy atom. The first-order valence-corrected chi connectivity index (χ1v) is 1.60. The Morgan fingerprint density at radius 3 is 1.17 bits per heavy atom. The van der Waals surface area contributed by atoms with Crippen LogP contribution in [0.3, 0.4) is 0 Å². The monoisotopic (exact) mass is 120 g/mol. The Balaban J connectivity index is 0. The zero-order valence-corrected chi connectivity index (χ0v) is 3.68. The van der Waals surface area contributed by atoms with Gasteiger partial charge in [0.15, 0.2) is 6.13 Å². The molecule has 0 aromatic rings. The molecule has 0 aromatic carbocycles. The number of hydrogen-bond donors (Lipinski definition) is 0. The van der Waals surface area contributed by atoms with Gasteiger partial charge in [-0.25, -0.2) is 13.2 Å². The first kappa shape index (κ1) is 9.43. The van der Waals surface area contributed by atoms with Crippen molar-refractivity contribution in [2.45, 2.75) is 0 Å². The van der Waals surface area contributed by atoms with Crippen LogP contribution in [0.15, 0.2) is 0 Å². The summed E-state index contributed by atoms with van der Waals surface area (Å²) in [5.74, 6) is 0. The van der Waals surface area contributed by atoms with Crippen molar-refractivity contribution in [2.24, 2.45) is 0 Å². The predicted molar refractivity (Wildman–Crippen MR) is 18.9 cm³/mol. The fourth-order valence-electron chi connectivity index (χ4n) is 0. The predicted octanol–water partition coefficient (Wildman–Crippen LogP) is 2.04. The number of halogens is 4. The van der Waals surface area contributed by atoms with E-state index in [-0.39, 0.29) is 0 Å². The fourth-order valence-corrected chi connectivity index (χ4v) is 0. The number of rotatable bonds is 0.